The maximum absolute atomic E-state index is 5.69. The normalized spacial score (nSPS) is 19.6. The van der Waals surface area contributed by atoms with Crippen LogP contribution in [0.5, 0.6) is 0 Å². The zero-order valence-corrected chi connectivity index (χ0v) is 9.73. The Morgan fingerprint density at radius 3 is 2.56 bits per heavy atom. The fourth-order valence-electron chi connectivity index (χ4n) is 2.67. The van der Waals surface area contributed by atoms with Crippen LogP contribution >= 0.6 is 0 Å². The van der Waals surface area contributed by atoms with Gasteiger partial charge in [0.25, 0.3) is 0 Å². The molecule has 0 radical (unpaired) electrons. The minimum Gasteiger partial charge on any atom is -0.271 e. The molecular formula is C13H21N3. The number of nitrogens with one attached hydrogen (secondary N) is 1. The Balaban J connectivity index is 1.94. The second-order valence-electron chi connectivity index (χ2n) is 4.73. The van der Waals surface area contributed by atoms with Crippen LogP contribution in [-0.2, 0) is 6.42 Å². The van der Waals surface area contributed by atoms with Crippen molar-refractivity contribution >= 4 is 0 Å². The monoisotopic (exact) mass is 219 g/mol. The van der Waals surface area contributed by atoms with Crippen LogP contribution in [0.4, 0.5) is 0 Å². The minimum atomic E-state index is 0.419. The highest BCUT2D eigenvalue weighted by Gasteiger charge is 2.22. The van der Waals surface area contributed by atoms with Crippen molar-refractivity contribution in [2.45, 2.75) is 44.6 Å². The lowest BCUT2D eigenvalue weighted by Crippen LogP contribution is -2.43. The molecule has 0 aliphatic heterocycles. The summed E-state index contributed by atoms with van der Waals surface area (Å²) < 4.78 is 0. The van der Waals surface area contributed by atoms with Gasteiger partial charge in [-0.3, -0.25) is 16.3 Å². The molecule has 1 aliphatic rings. The molecule has 0 aromatic carbocycles. The number of hydrogen-bond acceptors (Lipinski definition) is 3. The van der Waals surface area contributed by atoms with Crippen LogP contribution in [-0.4, -0.2) is 11.0 Å². The summed E-state index contributed by atoms with van der Waals surface area (Å²) in [5, 5.41) is 0. The van der Waals surface area contributed by atoms with E-state index in [1.54, 1.807) is 0 Å². The molecule has 3 nitrogen and oxygen atoms in total. The minimum absolute atomic E-state index is 0.419. The molecule has 1 unspecified atom stereocenters. The van der Waals surface area contributed by atoms with E-state index in [4.69, 9.17) is 5.84 Å². The second kappa shape index (κ2) is 5.97. The van der Waals surface area contributed by atoms with Crippen LogP contribution in [0, 0.1) is 5.92 Å². The van der Waals surface area contributed by atoms with Crippen LogP contribution in [0.15, 0.2) is 24.5 Å². The number of aromatic nitrogens is 1. The molecule has 1 aromatic heterocycles. The van der Waals surface area contributed by atoms with E-state index in [1.165, 1.54) is 37.7 Å². The Hall–Kier alpha value is -0.930. The zero-order chi connectivity index (χ0) is 11.2. The molecule has 0 saturated heterocycles. The van der Waals surface area contributed by atoms with Crippen molar-refractivity contribution in [3.05, 3.63) is 30.1 Å². The number of nitrogens with zero attached hydrogens (tertiary/aromatic N) is 1. The average Bonchev–Trinajstić information content (AvgIpc) is 2.38. The lowest BCUT2D eigenvalue weighted by Gasteiger charge is -2.29. The van der Waals surface area contributed by atoms with E-state index in [-0.39, 0.29) is 0 Å². The number of hydrogen-bond donors (Lipinski definition) is 2. The molecule has 16 heavy (non-hydrogen) atoms. The molecule has 2 rings (SSSR count). The van der Waals surface area contributed by atoms with Crippen LogP contribution in [0.3, 0.4) is 0 Å². The SMILES string of the molecule is NNC(Cc1ccncc1)C1CCCCC1. The van der Waals surface area contributed by atoms with Gasteiger partial charge in [-0.05, 0) is 42.9 Å². The first-order valence-electron chi connectivity index (χ1n) is 6.25. The van der Waals surface area contributed by atoms with Gasteiger partial charge in [0.1, 0.15) is 0 Å². The van der Waals surface area contributed by atoms with Gasteiger partial charge < -0.3 is 0 Å². The van der Waals surface area contributed by atoms with Gasteiger partial charge in [0.2, 0.25) is 0 Å². The van der Waals surface area contributed by atoms with E-state index < -0.39 is 0 Å². The second-order valence-corrected chi connectivity index (χ2v) is 4.73. The van der Waals surface area contributed by atoms with Gasteiger partial charge in [-0.25, -0.2) is 0 Å². The predicted molar refractivity (Wildman–Crippen MR) is 65.6 cm³/mol. The molecule has 1 aromatic rings. The highest BCUT2D eigenvalue weighted by atomic mass is 15.2. The molecule has 1 heterocycles. The first kappa shape index (κ1) is 11.6. The summed E-state index contributed by atoms with van der Waals surface area (Å²) in [7, 11) is 0. The zero-order valence-electron chi connectivity index (χ0n) is 9.73. The van der Waals surface area contributed by atoms with E-state index in [0.717, 1.165) is 12.3 Å². The van der Waals surface area contributed by atoms with E-state index in [9.17, 15) is 0 Å². The van der Waals surface area contributed by atoms with Gasteiger partial charge in [0, 0.05) is 18.4 Å². The molecule has 88 valence electrons. The largest absolute Gasteiger partial charge is 0.271 e. The van der Waals surface area contributed by atoms with Crippen molar-refractivity contribution < 1.29 is 0 Å². The van der Waals surface area contributed by atoms with Crippen molar-refractivity contribution in [3.8, 4) is 0 Å². The summed E-state index contributed by atoms with van der Waals surface area (Å²) in [5.74, 6) is 6.43. The molecule has 1 aliphatic carbocycles. The van der Waals surface area contributed by atoms with Gasteiger partial charge in [-0.2, -0.15) is 0 Å². The quantitative estimate of drug-likeness (QED) is 0.602. The van der Waals surface area contributed by atoms with E-state index in [2.05, 4.69) is 22.5 Å². The molecule has 0 spiro atoms. The standard InChI is InChI=1S/C13H21N3/c14-16-13(12-4-2-1-3-5-12)10-11-6-8-15-9-7-11/h6-9,12-13,16H,1-5,10,14H2. The van der Waals surface area contributed by atoms with Crippen LogP contribution in [0.1, 0.15) is 37.7 Å². The smallest absolute Gasteiger partial charge is 0.0279 e. The number of nitrogens with two attached hydrogens (primary N) is 1. The summed E-state index contributed by atoms with van der Waals surface area (Å²) in [6, 6.07) is 4.57. The molecule has 1 atom stereocenters. The predicted octanol–water partition coefficient (Wildman–Crippen LogP) is 2.04. The highest BCUT2D eigenvalue weighted by molar-refractivity contribution is 5.11. The van der Waals surface area contributed by atoms with E-state index in [1.807, 2.05) is 12.4 Å². The van der Waals surface area contributed by atoms with Gasteiger partial charge >= 0.3 is 0 Å². The highest BCUT2D eigenvalue weighted by Crippen LogP contribution is 2.27. The van der Waals surface area contributed by atoms with Crippen molar-refractivity contribution in [2.75, 3.05) is 0 Å². The fraction of sp³-hybridized carbons (Fsp3) is 0.615. The lowest BCUT2D eigenvalue weighted by molar-refractivity contribution is 0.268. The third-order valence-corrected chi connectivity index (χ3v) is 3.64. The Bertz CT molecular complexity index is 293. The van der Waals surface area contributed by atoms with Gasteiger partial charge in [-0.15, -0.1) is 0 Å². The molecule has 1 fully saturated rings. The van der Waals surface area contributed by atoms with Crippen molar-refractivity contribution in [1.82, 2.24) is 10.4 Å². The molecule has 0 amide bonds. The Morgan fingerprint density at radius 1 is 1.25 bits per heavy atom. The van der Waals surface area contributed by atoms with Crippen LogP contribution in [0.2, 0.25) is 0 Å². The van der Waals surface area contributed by atoms with Crippen molar-refractivity contribution in [1.29, 1.82) is 0 Å². The molecular weight excluding hydrogens is 198 g/mol. The van der Waals surface area contributed by atoms with Crippen LogP contribution in [0.25, 0.3) is 0 Å². The third-order valence-electron chi connectivity index (χ3n) is 3.64. The van der Waals surface area contributed by atoms with Gasteiger partial charge in [0.05, 0.1) is 0 Å². The Kier molecular flexibility index (Phi) is 4.31. The number of hydrazine groups is 1. The third kappa shape index (κ3) is 3.03. The summed E-state index contributed by atoms with van der Waals surface area (Å²) in [6.07, 6.45) is 11.5. The fourth-order valence-corrected chi connectivity index (χ4v) is 2.67. The maximum atomic E-state index is 5.69. The summed E-state index contributed by atoms with van der Waals surface area (Å²) in [4.78, 5) is 4.04. The van der Waals surface area contributed by atoms with Crippen LogP contribution < -0.4 is 11.3 Å². The molecule has 0 bridgehead atoms. The average molecular weight is 219 g/mol. The first-order valence-corrected chi connectivity index (χ1v) is 6.25. The Labute approximate surface area is 97.4 Å². The van der Waals surface area contributed by atoms with Crippen molar-refractivity contribution in [2.24, 2.45) is 11.8 Å². The van der Waals surface area contributed by atoms with E-state index >= 15 is 0 Å². The van der Waals surface area contributed by atoms with E-state index in [0.29, 0.717) is 6.04 Å². The summed E-state index contributed by atoms with van der Waals surface area (Å²) in [6.45, 7) is 0. The maximum Gasteiger partial charge on any atom is 0.0279 e. The van der Waals surface area contributed by atoms with Gasteiger partial charge in [0.15, 0.2) is 0 Å². The lowest BCUT2D eigenvalue weighted by atomic mass is 9.82. The molecule has 3 N–H and O–H groups in total. The topological polar surface area (TPSA) is 50.9 Å². The van der Waals surface area contributed by atoms with Gasteiger partial charge in [-0.1, -0.05) is 19.3 Å². The number of pyridine rings is 1. The Morgan fingerprint density at radius 2 is 1.94 bits per heavy atom. The molecule has 1 saturated carbocycles. The summed E-state index contributed by atoms with van der Waals surface area (Å²) in [5.41, 5.74) is 4.32. The molecule has 3 heteroatoms. The first-order chi connectivity index (χ1) is 7.90. The number of rotatable bonds is 4. The summed E-state index contributed by atoms with van der Waals surface area (Å²) >= 11 is 0. The van der Waals surface area contributed by atoms with Crippen molar-refractivity contribution in [3.63, 3.8) is 0 Å².